The van der Waals surface area contributed by atoms with Crippen molar-refractivity contribution in [3.8, 4) is 11.5 Å². The van der Waals surface area contributed by atoms with Gasteiger partial charge >= 0.3 is 6.18 Å². The average Bonchev–Trinajstić information content (AvgIpc) is 2.61. The van der Waals surface area contributed by atoms with Gasteiger partial charge in [-0.3, -0.25) is 4.79 Å². The fourth-order valence-electron chi connectivity index (χ4n) is 2.56. The number of hydrogen-bond donors (Lipinski definition) is 1. The Balaban J connectivity index is 2.37. The van der Waals surface area contributed by atoms with Gasteiger partial charge in [0, 0.05) is 12.2 Å². The Kier molecular flexibility index (Phi) is 7.97. The summed E-state index contributed by atoms with van der Waals surface area (Å²) in [7, 11) is 3.77. The first-order valence-corrected chi connectivity index (χ1v) is 9.62. The van der Waals surface area contributed by atoms with Crippen molar-refractivity contribution in [1.29, 1.82) is 0 Å². The lowest BCUT2D eigenvalue weighted by Gasteiger charge is -2.19. The third-order valence-corrected chi connectivity index (χ3v) is 4.23. The molecule has 0 atom stereocenters. The van der Waals surface area contributed by atoms with E-state index in [1.54, 1.807) is 32.0 Å². The van der Waals surface area contributed by atoms with E-state index in [-0.39, 0.29) is 28.9 Å². The van der Waals surface area contributed by atoms with E-state index in [1.807, 2.05) is 19.0 Å². The number of ether oxygens (including phenoxy) is 2. The van der Waals surface area contributed by atoms with Crippen LogP contribution >= 0.6 is 11.6 Å². The van der Waals surface area contributed by atoms with Gasteiger partial charge in [-0.1, -0.05) is 17.7 Å². The molecule has 164 valence electrons. The predicted molar refractivity (Wildman–Crippen MR) is 111 cm³/mol. The van der Waals surface area contributed by atoms with Gasteiger partial charge in [-0.2, -0.15) is 13.2 Å². The Labute approximate surface area is 178 Å². The van der Waals surface area contributed by atoms with E-state index in [1.165, 1.54) is 6.07 Å². The van der Waals surface area contributed by atoms with Crippen LogP contribution in [0.1, 0.15) is 29.8 Å². The van der Waals surface area contributed by atoms with E-state index in [9.17, 15) is 18.0 Å². The highest BCUT2D eigenvalue weighted by Crippen LogP contribution is 2.37. The minimum absolute atomic E-state index is 0.0460. The van der Waals surface area contributed by atoms with Gasteiger partial charge in [0.15, 0.2) is 0 Å². The molecule has 0 aliphatic rings. The lowest BCUT2D eigenvalue weighted by molar-refractivity contribution is -0.137. The molecule has 0 radical (unpaired) electrons. The van der Waals surface area contributed by atoms with E-state index in [0.717, 1.165) is 12.1 Å². The molecule has 9 heteroatoms. The van der Waals surface area contributed by atoms with E-state index in [0.29, 0.717) is 13.2 Å². The zero-order valence-corrected chi connectivity index (χ0v) is 17.9. The van der Waals surface area contributed by atoms with Crippen molar-refractivity contribution >= 4 is 23.2 Å². The molecule has 0 aliphatic heterocycles. The van der Waals surface area contributed by atoms with Gasteiger partial charge < -0.3 is 19.7 Å². The molecule has 0 aromatic heterocycles. The largest absolute Gasteiger partial charge is 0.491 e. The third kappa shape index (κ3) is 6.53. The highest BCUT2D eigenvalue weighted by atomic mass is 35.5. The minimum Gasteiger partial charge on any atom is -0.491 e. The van der Waals surface area contributed by atoms with Crippen molar-refractivity contribution in [2.24, 2.45) is 0 Å². The normalized spacial score (nSPS) is 11.7. The van der Waals surface area contributed by atoms with Gasteiger partial charge in [0.1, 0.15) is 23.7 Å². The summed E-state index contributed by atoms with van der Waals surface area (Å²) >= 11 is 5.65. The number of nitrogens with zero attached hydrogens (tertiary/aromatic N) is 1. The molecule has 0 saturated heterocycles. The summed E-state index contributed by atoms with van der Waals surface area (Å²) in [5.41, 5.74) is -0.972. The standard InChI is InChI=1S/C21H24ClF3N2O3/c1-13(2)30-18-7-5-6-17(29-11-10-27(3)4)19(18)20(28)26-14-8-9-16(22)15(12-14)21(23,24)25/h5-9,12-13H,10-11H2,1-4H3,(H,26,28). The van der Waals surface area contributed by atoms with Crippen LogP contribution in [0.4, 0.5) is 18.9 Å². The fourth-order valence-corrected chi connectivity index (χ4v) is 2.78. The Morgan fingerprint density at radius 1 is 1.17 bits per heavy atom. The van der Waals surface area contributed by atoms with Crippen LogP contribution in [-0.4, -0.2) is 44.2 Å². The molecule has 1 amide bonds. The van der Waals surface area contributed by atoms with Crippen LogP contribution < -0.4 is 14.8 Å². The Hall–Kier alpha value is -2.45. The van der Waals surface area contributed by atoms with Gasteiger partial charge in [0.05, 0.1) is 16.7 Å². The fraction of sp³-hybridized carbons (Fsp3) is 0.381. The summed E-state index contributed by atoms with van der Waals surface area (Å²) in [6.07, 6.45) is -4.86. The zero-order chi connectivity index (χ0) is 22.5. The van der Waals surface area contributed by atoms with Crippen LogP contribution in [0.15, 0.2) is 36.4 Å². The second-order valence-corrected chi connectivity index (χ2v) is 7.50. The van der Waals surface area contributed by atoms with Crippen molar-refractivity contribution in [2.75, 3.05) is 32.6 Å². The van der Waals surface area contributed by atoms with Crippen molar-refractivity contribution in [1.82, 2.24) is 4.90 Å². The van der Waals surface area contributed by atoms with Crippen LogP contribution in [0.2, 0.25) is 5.02 Å². The number of benzene rings is 2. The molecular weight excluding hydrogens is 421 g/mol. The van der Waals surface area contributed by atoms with Crippen LogP contribution in [0, 0.1) is 0 Å². The Morgan fingerprint density at radius 3 is 2.43 bits per heavy atom. The first-order chi connectivity index (χ1) is 14.0. The Morgan fingerprint density at radius 2 is 1.83 bits per heavy atom. The molecule has 2 aromatic carbocycles. The summed E-state index contributed by atoms with van der Waals surface area (Å²) < 4.78 is 50.8. The number of amides is 1. The van der Waals surface area contributed by atoms with Crippen molar-refractivity contribution in [3.05, 3.63) is 52.5 Å². The first kappa shape index (κ1) is 23.8. The topological polar surface area (TPSA) is 50.8 Å². The molecule has 0 saturated carbocycles. The predicted octanol–water partition coefficient (Wildman–Crippen LogP) is 5.34. The molecular formula is C21H24ClF3N2O3. The number of halogens is 4. The van der Waals surface area contributed by atoms with Crippen LogP contribution in [-0.2, 0) is 6.18 Å². The van der Waals surface area contributed by atoms with Crippen molar-refractivity contribution in [3.63, 3.8) is 0 Å². The molecule has 0 bridgehead atoms. The maximum Gasteiger partial charge on any atom is 0.417 e. The number of rotatable bonds is 8. The lowest BCUT2D eigenvalue weighted by atomic mass is 10.1. The molecule has 0 aliphatic carbocycles. The summed E-state index contributed by atoms with van der Waals surface area (Å²) in [5, 5.41) is 2.04. The van der Waals surface area contributed by atoms with Gasteiger partial charge in [0.25, 0.3) is 5.91 Å². The summed E-state index contributed by atoms with van der Waals surface area (Å²) in [6.45, 7) is 4.53. The van der Waals surface area contributed by atoms with Crippen LogP contribution in [0.5, 0.6) is 11.5 Å². The molecule has 1 N–H and O–H groups in total. The maximum absolute atomic E-state index is 13.1. The van der Waals surface area contributed by atoms with Gasteiger partial charge in [-0.15, -0.1) is 0 Å². The molecule has 30 heavy (non-hydrogen) atoms. The molecule has 5 nitrogen and oxygen atoms in total. The molecule has 0 fully saturated rings. The van der Waals surface area contributed by atoms with E-state index in [4.69, 9.17) is 21.1 Å². The van der Waals surface area contributed by atoms with E-state index < -0.39 is 22.7 Å². The second kappa shape index (κ2) is 10.0. The Bertz CT molecular complexity index is 886. The number of alkyl halides is 3. The minimum atomic E-state index is -4.64. The van der Waals surface area contributed by atoms with Gasteiger partial charge in [-0.25, -0.2) is 0 Å². The average molecular weight is 445 g/mol. The van der Waals surface area contributed by atoms with Crippen molar-refractivity contribution < 1.29 is 27.4 Å². The van der Waals surface area contributed by atoms with E-state index >= 15 is 0 Å². The van der Waals surface area contributed by atoms with E-state index in [2.05, 4.69) is 5.32 Å². The maximum atomic E-state index is 13.1. The third-order valence-electron chi connectivity index (χ3n) is 3.90. The number of carbonyl (C=O) groups excluding carboxylic acids is 1. The highest BCUT2D eigenvalue weighted by molar-refractivity contribution is 6.31. The summed E-state index contributed by atoms with van der Waals surface area (Å²) in [5.74, 6) is -0.103. The second-order valence-electron chi connectivity index (χ2n) is 7.09. The van der Waals surface area contributed by atoms with Crippen LogP contribution in [0.25, 0.3) is 0 Å². The monoisotopic (exact) mass is 444 g/mol. The number of anilines is 1. The highest BCUT2D eigenvalue weighted by Gasteiger charge is 2.33. The first-order valence-electron chi connectivity index (χ1n) is 9.24. The molecule has 0 unspecified atom stereocenters. The van der Waals surface area contributed by atoms with Gasteiger partial charge in [-0.05, 0) is 58.3 Å². The molecule has 2 rings (SSSR count). The lowest BCUT2D eigenvalue weighted by Crippen LogP contribution is -2.21. The number of carbonyl (C=O) groups is 1. The van der Waals surface area contributed by atoms with Gasteiger partial charge in [0.2, 0.25) is 0 Å². The number of likely N-dealkylation sites (N-methyl/N-ethyl adjacent to an activating group) is 1. The SMILES string of the molecule is CC(C)Oc1cccc(OCCN(C)C)c1C(=O)Nc1ccc(Cl)c(C(F)(F)F)c1. The quantitative estimate of drug-likeness (QED) is 0.597. The number of hydrogen-bond acceptors (Lipinski definition) is 4. The number of nitrogens with one attached hydrogen (secondary N) is 1. The molecule has 0 heterocycles. The zero-order valence-electron chi connectivity index (χ0n) is 17.1. The summed E-state index contributed by atoms with van der Waals surface area (Å²) in [6, 6.07) is 8.08. The molecule has 2 aromatic rings. The van der Waals surface area contributed by atoms with Crippen molar-refractivity contribution in [2.45, 2.75) is 26.1 Å². The molecule has 0 spiro atoms. The summed E-state index contributed by atoms with van der Waals surface area (Å²) in [4.78, 5) is 14.9. The van der Waals surface area contributed by atoms with Crippen LogP contribution in [0.3, 0.4) is 0 Å². The smallest absolute Gasteiger partial charge is 0.417 e.